The summed E-state index contributed by atoms with van der Waals surface area (Å²) in [4.78, 5) is 31.1. The van der Waals surface area contributed by atoms with Crippen molar-refractivity contribution < 1.29 is 4.79 Å². The molecule has 0 fully saturated rings. The predicted octanol–water partition coefficient (Wildman–Crippen LogP) is 5.06. The average Bonchev–Trinajstić information content (AvgIpc) is 3.42. The number of thiazole rings is 1. The van der Waals surface area contributed by atoms with Crippen LogP contribution in [0.25, 0.3) is 10.6 Å². The number of hydrogen-bond donors (Lipinski definition) is 1. The highest BCUT2D eigenvalue weighted by Gasteiger charge is 2.24. The van der Waals surface area contributed by atoms with E-state index in [1.807, 2.05) is 54.9 Å². The van der Waals surface area contributed by atoms with Crippen LogP contribution >= 0.6 is 34.3 Å². The maximum atomic E-state index is 13.3. The number of hydrogen-bond acceptors (Lipinski definition) is 6. The fourth-order valence-corrected chi connectivity index (χ4v) is 5.34. The highest BCUT2D eigenvalue weighted by Crippen LogP contribution is 2.30. The molecule has 0 aliphatic rings. The van der Waals surface area contributed by atoms with Crippen molar-refractivity contribution in [2.75, 3.05) is 0 Å². The molecule has 164 valence electrons. The SMILES string of the molecule is Cc1nc(-c2c(C)c(C)nn(C)c2=O)sc1C(=O)NC(c1ccc(Cl)cc1)c1ccsc1. The van der Waals surface area contributed by atoms with Gasteiger partial charge in [-0.25, -0.2) is 9.67 Å². The molecule has 3 aromatic heterocycles. The van der Waals surface area contributed by atoms with E-state index in [1.165, 1.54) is 16.0 Å². The lowest BCUT2D eigenvalue weighted by atomic mass is 10.0. The van der Waals surface area contributed by atoms with E-state index < -0.39 is 0 Å². The van der Waals surface area contributed by atoms with Gasteiger partial charge in [0.2, 0.25) is 0 Å². The lowest BCUT2D eigenvalue weighted by Crippen LogP contribution is -2.29. The van der Waals surface area contributed by atoms with Crippen molar-refractivity contribution in [2.45, 2.75) is 26.8 Å². The first-order valence-corrected chi connectivity index (χ1v) is 12.0. The second kappa shape index (κ2) is 8.97. The van der Waals surface area contributed by atoms with Crippen molar-refractivity contribution in [3.63, 3.8) is 0 Å². The number of aromatic nitrogens is 3. The number of nitrogens with one attached hydrogen (secondary N) is 1. The lowest BCUT2D eigenvalue weighted by molar-refractivity contribution is 0.0946. The fraction of sp³-hybridized carbons (Fsp3) is 0.217. The number of amides is 1. The molecule has 0 saturated heterocycles. The number of benzene rings is 1. The average molecular weight is 485 g/mol. The molecule has 1 atom stereocenters. The van der Waals surface area contributed by atoms with E-state index in [-0.39, 0.29) is 17.5 Å². The van der Waals surface area contributed by atoms with Crippen LogP contribution in [-0.4, -0.2) is 20.7 Å². The lowest BCUT2D eigenvalue weighted by Gasteiger charge is -2.18. The maximum absolute atomic E-state index is 13.3. The van der Waals surface area contributed by atoms with Crippen LogP contribution in [0.1, 0.15) is 43.8 Å². The van der Waals surface area contributed by atoms with Gasteiger partial charge in [0.15, 0.2) is 0 Å². The summed E-state index contributed by atoms with van der Waals surface area (Å²) in [5.74, 6) is -0.238. The summed E-state index contributed by atoms with van der Waals surface area (Å²) < 4.78 is 1.31. The third-order valence-corrected chi connectivity index (χ3v) is 7.42. The highest BCUT2D eigenvalue weighted by atomic mass is 35.5. The summed E-state index contributed by atoms with van der Waals surface area (Å²) >= 11 is 8.84. The molecule has 1 aromatic carbocycles. The number of halogens is 1. The largest absolute Gasteiger partial charge is 0.340 e. The predicted molar refractivity (Wildman–Crippen MR) is 130 cm³/mol. The van der Waals surface area contributed by atoms with E-state index in [2.05, 4.69) is 15.4 Å². The topological polar surface area (TPSA) is 76.9 Å². The summed E-state index contributed by atoms with van der Waals surface area (Å²) in [7, 11) is 1.62. The van der Waals surface area contributed by atoms with E-state index in [1.54, 1.807) is 25.3 Å². The van der Waals surface area contributed by atoms with Crippen molar-refractivity contribution in [3.05, 3.63) is 89.4 Å². The Kier molecular flexibility index (Phi) is 6.28. The third-order valence-electron chi connectivity index (χ3n) is 5.30. The summed E-state index contributed by atoms with van der Waals surface area (Å²) in [6, 6.07) is 9.09. The van der Waals surface area contributed by atoms with Gasteiger partial charge in [-0.15, -0.1) is 11.3 Å². The monoisotopic (exact) mass is 484 g/mol. The second-order valence-corrected chi connectivity index (χ2v) is 9.68. The molecule has 0 spiro atoms. The number of carbonyl (C=O) groups excluding carboxylic acids is 1. The van der Waals surface area contributed by atoms with Gasteiger partial charge < -0.3 is 5.32 Å². The maximum Gasteiger partial charge on any atom is 0.277 e. The van der Waals surface area contributed by atoms with E-state index >= 15 is 0 Å². The molecular weight excluding hydrogens is 464 g/mol. The van der Waals surface area contributed by atoms with Crippen LogP contribution < -0.4 is 10.9 Å². The summed E-state index contributed by atoms with van der Waals surface area (Å²) in [5.41, 5.74) is 4.27. The molecule has 9 heteroatoms. The van der Waals surface area contributed by atoms with Crippen molar-refractivity contribution >= 4 is 40.2 Å². The number of carbonyl (C=O) groups is 1. The zero-order valence-electron chi connectivity index (χ0n) is 18.0. The Hall–Kier alpha value is -2.81. The first-order valence-electron chi connectivity index (χ1n) is 9.87. The van der Waals surface area contributed by atoms with Gasteiger partial charge in [-0.2, -0.15) is 16.4 Å². The van der Waals surface area contributed by atoms with Crippen LogP contribution in [0.5, 0.6) is 0 Å². The first-order chi connectivity index (χ1) is 15.3. The Labute approximate surface area is 198 Å². The standard InChI is InChI=1S/C23H21ClN4O2S2/c1-12-13(2)27-28(4)23(30)18(12)22-25-14(3)20(32-22)21(29)26-19(16-9-10-31-11-16)15-5-7-17(24)8-6-15/h5-11,19H,1-4H3,(H,26,29). The van der Waals surface area contributed by atoms with Gasteiger partial charge in [0, 0.05) is 12.1 Å². The van der Waals surface area contributed by atoms with Gasteiger partial charge >= 0.3 is 0 Å². The molecule has 0 aliphatic carbocycles. The molecule has 6 nitrogen and oxygen atoms in total. The van der Waals surface area contributed by atoms with Crippen molar-refractivity contribution in [2.24, 2.45) is 7.05 Å². The van der Waals surface area contributed by atoms with Crippen molar-refractivity contribution in [1.29, 1.82) is 0 Å². The highest BCUT2D eigenvalue weighted by molar-refractivity contribution is 7.17. The van der Waals surface area contributed by atoms with Crippen LogP contribution in [-0.2, 0) is 7.05 Å². The van der Waals surface area contributed by atoms with Crippen LogP contribution in [0.4, 0.5) is 0 Å². The fourth-order valence-electron chi connectivity index (χ4n) is 3.46. The quantitative estimate of drug-likeness (QED) is 0.429. The molecular formula is C23H21ClN4O2S2. The summed E-state index contributed by atoms with van der Waals surface area (Å²) in [6.45, 7) is 5.48. The Bertz CT molecular complexity index is 1340. The summed E-state index contributed by atoms with van der Waals surface area (Å²) in [6.07, 6.45) is 0. The molecule has 4 aromatic rings. The molecule has 0 radical (unpaired) electrons. The first kappa shape index (κ1) is 22.4. The number of aryl methyl sites for hydroxylation is 3. The van der Waals surface area contributed by atoms with E-state index in [4.69, 9.17) is 11.6 Å². The number of thiophene rings is 1. The molecule has 1 N–H and O–H groups in total. The number of nitrogens with zero attached hydrogens (tertiary/aromatic N) is 3. The van der Waals surface area contributed by atoms with Gasteiger partial charge in [-0.05, 0) is 66.4 Å². The number of rotatable bonds is 5. The minimum absolute atomic E-state index is 0.230. The van der Waals surface area contributed by atoms with E-state index in [0.717, 1.165) is 22.4 Å². The van der Waals surface area contributed by atoms with Gasteiger partial charge in [-0.1, -0.05) is 23.7 Å². The minimum Gasteiger partial charge on any atom is -0.340 e. The molecule has 0 aliphatic heterocycles. The smallest absolute Gasteiger partial charge is 0.277 e. The van der Waals surface area contributed by atoms with Crippen molar-refractivity contribution in [3.8, 4) is 10.6 Å². The van der Waals surface area contributed by atoms with Crippen LogP contribution in [0.3, 0.4) is 0 Å². The summed E-state index contributed by atoms with van der Waals surface area (Å²) in [5, 5.41) is 12.5. The zero-order chi connectivity index (χ0) is 23.0. The molecule has 32 heavy (non-hydrogen) atoms. The van der Waals surface area contributed by atoms with Crippen LogP contribution in [0.2, 0.25) is 5.02 Å². The van der Waals surface area contributed by atoms with Crippen molar-refractivity contribution in [1.82, 2.24) is 20.1 Å². The van der Waals surface area contributed by atoms with Crippen LogP contribution in [0.15, 0.2) is 45.9 Å². The molecule has 1 amide bonds. The Balaban J connectivity index is 1.71. The van der Waals surface area contributed by atoms with Gasteiger partial charge in [0.05, 0.1) is 23.0 Å². The Morgan fingerprint density at radius 1 is 1.09 bits per heavy atom. The molecule has 0 saturated carbocycles. The molecule has 0 bridgehead atoms. The van der Waals surface area contributed by atoms with Gasteiger partial charge in [-0.3, -0.25) is 9.59 Å². The normalized spacial score (nSPS) is 12.0. The van der Waals surface area contributed by atoms with E-state index in [9.17, 15) is 9.59 Å². The molecule has 3 heterocycles. The zero-order valence-corrected chi connectivity index (χ0v) is 20.4. The molecule has 1 unspecified atom stereocenters. The van der Waals surface area contributed by atoms with E-state index in [0.29, 0.717) is 26.2 Å². The third kappa shape index (κ3) is 4.26. The van der Waals surface area contributed by atoms with Gasteiger partial charge in [0.25, 0.3) is 11.5 Å². The van der Waals surface area contributed by atoms with Crippen LogP contribution in [0, 0.1) is 20.8 Å². The Morgan fingerprint density at radius 2 is 1.81 bits per heavy atom. The van der Waals surface area contributed by atoms with Gasteiger partial charge in [0.1, 0.15) is 9.88 Å². The second-order valence-electron chi connectivity index (χ2n) is 7.46. The molecule has 4 rings (SSSR count). The minimum atomic E-state index is -0.325. The Morgan fingerprint density at radius 3 is 2.47 bits per heavy atom.